The highest BCUT2D eigenvalue weighted by Crippen LogP contribution is 2.14. The van der Waals surface area contributed by atoms with E-state index in [-0.39, 0.29) is 17.5 Å². The minimum absolute atomic E-state index is 0.126. The Labute approximate surface area is 160 Å². The van der Waals surface area contributed by atoms with Crippen LogP contribution in [0, 0.1) is 6.92 Å². The fraction of sp³-hybridized carbons (Fsp3) is 0.737. The van der Waals surface area contributed by atoms with E-state index in [1.165, 1.54) is 0 Å². The van der Waals surface area contributed by atoms with Crippen molar-refractivity contribution in [2.45, 2.75) is 45.6 Å². The van der Waals surface area contributed by atoms with Gasteiger partial charge in [0, 0.05) is 49.9 Å². The Bertz CT molecular complexity index is 693. The standard InChI is InChI=1S/C19H31N5O3/c1-3-8-24(15-6-7-20-13-15)17(25)5-4-16-14(2)21-19(22-18(16)26)23-9-11-27-12-10-23/h15,20H,3-13H2,1-2H3,(H,21,22,26). The summed E-state index contributed by atoms with van der Waals surface area (Å²) in [6, 6.07) is 0.277. The number of aryl methyl sites for hydroxylation is 1. The Morgan fingerprint density at radius 2 is 2.15 bits per heavy atom. The number of amides is 1. The van der Waals surface area contributed by atoms with Gasteiger partial charge in [0.2, 0.25) is 11.9 Å². The number of H-pyrrole nitrogens is 1. The molecule has 8 heteroatoms. The number of nitrogens with one attached hydrogen (secondary N) is 2. The summed E-state index contributed by atoms with van der Waals surface area (Å²) < 4.78 is 5.35. The number of hydrogen-bond acceptors (Lipinski definition) is 6. The van der Waals surface area contributed by atoms with Crippen LogP contribution in [-0.2, 0) is 16.0 Å². The van der Waals surface area contributed by atoms with Gasteiger partial charge < -0.3 is 19.9 Å². The molecule has 0 aromatic carbocycles. The highest BCUT2D eigenvalue weighted by Gasteiger charge is 2.26. The zero-order valence-electron chi connectivity index (χ0n) is 16.4. The maximum Gasteiger partial charge on any atom is 0.255 e. The molecular formula is C19H31N5O3. The lowest BCUT2D eigenvalue weighted by Crippen LogP contribution is -2.42. The van der Waals surface area contributed by atoms with E-state index in [9.17, 15) is 9.59 Å². The van der Waals surface area contributed by atoms with Gasteiger partial charge in [0.25, 0.3) is 5.56 Å². The van der Waals surface area contributed by atoms with Gasteiger partial charge in [0.1, 0.15) is 0 Å². The van der Waals surface area contributed by atoms with Gasteiger partial charge in [-0.05, 0) is 32.7 Å². The van der Waals surface area contributed by atoms with Crippen LogP contribution in [0.5, 0.6) is 0 Å². The number of aromatic amines is 1. The predicted molar refractivity (Wildman–Crippen MR) is 104 cm³/mol. The summed E-state index contributed by atoms with van der Waals surface area (Å²) in [6.45, 7) is 9.27. The molecule has 3 heterocycles. The summed E-state index contributed by atoms with van der Waals surface area (Å²) in [5, 5.41) is 3.32. The lowest BCUT2D eigenvalue weighted by Gasteiger charge is -2.28. The van der Waals surface area contributed by atoms with E-state index in [1.54, 1.807) is 0 Å². The molecule has 1 aromatic heterocycles. The fourth-order valence-electron chi connectivity index (χ4n) is 3.85. The lowest BCUT2D eigenvalue weighted by atomic mass is 10.1. The number of rotatable bonds is 7. The third-order valence-corrected chi connectivity index (χ3v) is 5.37. The fourth-order valence-corrected chi connectivity index (χ4v) is 3.85. The molecule has 2 aliphatic rings. The molecule has 1 aromatic rings. The van der Waals surface area contributed by atoms with E-state index >= 15 is 0 Å². The lowest BCUT2D eigenvalue weighted by molar-refractivity contribution is -0.133. The Hall–Kier alpha value is -1.93. The molecule has 0 spiro atoms. The van der Waals surface area contributed by atoms with Gasteiger partial charge in [-0.15, -0.1) is 0 Å². The van der Waals surface area contributed by atoms with Crippen molar-refractivity contribution in [1.82, 2.24) is 20.2 Å². The first kappa shape index (κ1) is 19.8. The van der Waals surface area contributed by atoms with E-state index in [2.05, 4.69) is 22.2 Å². The van der Waals surface area contributed by atoms with Crippen LogP contribution >= 0.6 is 0 Å². The van der Waals surface area contributed by atoms with Gasteiger partial charge in [-0.3, -0.25) is 14.6 Å². The summed E-state index contributed by atoms with van der Waals surface area (Å²) >= 11 is 0. The smallest absolute Gasteiger partial charge is 0.255 e. The summed E-state index contributed by atoms with van der Waals surface area (Å²) in [4.78, 5) is 36.8. The number of hydrogen-bond donors (Lipinski definition) is 2. The molecule has 8 nitrogen and oxygen atoms in total. The summed E-state index contributed by atoms with van der Waals surface area (Å²) in [6.07, 6.45) is 2.72. The van der Waals surface area contributed by atoms with Gasteiger partial charge >= 0.3 is 0 Å². The quantitative estimate of drug-likeness (QED) is 0.717. The Morgan fingerprint density at radius 3 is 2.78 bits per heavy atom. The zero-order chi connectivity index (χ0) is 19.2. The molecule has 2 fully saturated rings. The van der Waals surface area contributed by atoms with Crippen LogP contribution in [0.4, 0.5) is 5.95 Å². The average molecular weight is 377 g/mol. The van der Waals surface area contributed by atoms with E-state index in [4.69, 9.17) is 4.74 Å². The van der Waals surface area contributed by atoms with E-state index in [0.717, 1.165) is 45.6 Å². The molecule has 2 saturated heterocycles. The van der Waals surface area contributed by atoms with Crippen molar-refractivity contribution in [2.24, 2.45) is 0 Å². The van der Waals surface area contributed by atoms with Crippen molar-refractivity contribution in [2.75, 3.05) is 50.8 Å². The molecule has 0 bridgehead atoms. The number of nitrogens with zero attached hydrogens (tertiary/aromatic N) is 3. The van der Waals surface area contributed by atoms with Crippen molar-refractivity contribution in [3.05, 3.63) is 21.6 Å². The number of anilines is 1. The molecule has 2 N–H and O–H groups in total. The van der Waals surface area contributed by atoms with Gasteiger partial charge in [0.15, 0.2) is 0 Å². The molecular weight excluding hydrogens is 346 g/mol. The minimum atomic E-state index is -0.138. The molecule has 0 radical (unpaired) electrons. The van der Waals surface area contributed by atoms with Crippen LogP contribution < -0.4 is 15.8 Å². The second kappa shape index (κ2) is 9.32. The maximum absolute atomic E-state index is 12.8. The topological polar surface area (TPSA) is 90.6 Å². The number of aromatic nitrogens is 2. The SMILES string of the molecule is CCCN(C(=O)CCc1c(C)nc(N2CCOCC2)[nH]c1=O)C1CCNC1. The number of morpholine rings is 1. The van der Waals surface area contributed by atoms with Gasteiger partial charge in [0.05, 0.1) is 13.2 Å². The first-order valence-electron chi connectivity index (χ1n) is 10.0. The highest BCUT2D eigenvalue weighted by molar-refractivity contribution is 5.77. The normalized spacial score (nSPS) is 20.1. The van der Waals surface area contributed by atoms with E-state index < -0.39 is 0 Å². The van der Waals surface area contributed by atoms with Crippen LogP contribution in [0.15, 0.2) is 4.79 Å². The number of carbonyl (C=O) groups excluding carboxylic acids is 1. The largest absolute Gasteiger partial charge is 0.378 e. The monoisotopic (exact) mass is 377 g/mol. The average Bonchev–Trinajstić information content (AvgIpc) is 3.20. The Morgan fingerprint density at radius 1 is 1.37 bits per heavy atom. The molecule has 1 atom stereocenters. The van der Waals surface area contributed by atoms with E-state index in [0.29, 0.717) is 43.3 Å². The van der Waals surface area contributed by atoms with Crippen LogP contribution in [0.1, 0.15) is 37.4 Å². The highest BCUT2D eigenvalue weighted by atomic mass is 16.5. The molecule has 1 unspecified atom stereocenters. The van der Waals surface area contributed by atoms with Crippen molar-refractivity contribution in [3.8, 4) is 0 Å². The minimum Gasteiger partial charge on any atom is -0.378 e. The second-order valence-corrected chi connectivity index (χ2v) is 7.29. The van der Waals surface area contributed by atoms with Crippen LogP contribution in [0.2, 0.25) is 0 Å². The van der Waals surface area contributed by atoms with Crippen molar-refractivity contribution < 1.29 is 9.53 Å². The summed E-state index contributed by atoms with van der Waals surface area (Å²) in [5.41, 5.74) is 1.18. The van der Waals surface area contributed by atoms with Crippen molar-refractivity contribution in [1.29, 1.82) is 0 Å². The van der Waals surface area contributed by atoms with Crippen molar-refractivity contribution in [3.63, 3.8) is 0 Å². The molecule has 2 aliphatic heterocycles. The summed E-state index contributed by atoms with van der Waals surface area (Å²) in [5.74, 6) is 0.724. The number of carbonyl (C=O) groups is 1. The molecule has 150 valence electrons. The predicted octanol–water partition coefficient (Wildman–Crippen LogP) is 0.448. The zero-order valence-corrected chi connectivity index (χ0v) is 16.4. The molecule has 1 amide bonds. The Balaban J connectivity index is 1.65. The molecule has 0 aliphatic carbocycles. The molecule has 0 saturated carbocycles. The maximum atomic E-state index is 12.8. The third kappa shape index (κ3) is 4.87. The Kier molecular flexibility index (Phi) is 6.84. The van der Waals surface area contributed by atoms with E-state index in [1.807, 2.05) is 16.7 Å². The molecule has 27 heavy (non-hydrogen) atoms. The van der Waals surface area contributed by atoms with Crippen LogP contribution in [-0.4, -0.2) is 72.8 Å². The first-order chi connectivity index (χ1) is 13.1. The van der Waals surface area contributed by atoms with Gasteiger partial charge in [-0.1, -0.05) is 6.92 Å². The van der Waals surface area contributed by atoms with Crippen molar-refractivity contribution >= 4 is 11.9 Å². The molecule has 3 rings (SSSR count). The van der Waals surface area contributed by atoms with Crippen LogP contribution in [0.3, 0.4) is 0 Å². The second-order valence-electron chi connectivity index (χ2n) is 7.29. The summed E-state index contributed by atoms with van der Waals surface area (Å²) in [7, 11) is 0. The number of ether oxygens (including phenoxy) is 1. The van der Waals surface area contributed by atoms with Gasteiger partial charge in [-0.25, -0.2) is 4.98 Å². The van der Waals surface area contributed by atoms with Gasteiger partial charge in [-0.2, -0.15) is 0 Å². The first-order valence-corrected chi connectivity index (χ1v) is 10.0. The van der Waals surface area contributed by atoms with Crippen LogP contribution in [0.25, 0.3) is 0 Å². The third-order valence-electron chi connectivity index (χ3n) is 5.37.